The molecule has 2 nitrogen and oxygen atoms in total. The smallest absolute Gasteiger partial charge is 0.164 e. The summed E-state index contributed by atoms with van der Waals surface area (Å²) in [6, 6.07) is 4.20. The maximum atomic E-state index is 5.50. The van der Waals surface area contributed by atoms with Crippen molar-refractivity contribution in [2.75, 3.05) is 14.2 Å². The van der Waals surface area contributed by atoms with Crippen LogP contribution in [-0.2, 0) is 12.8 Å². The van der Waals surface area contributed by atoms with Gasteiger partial charge in [-0.15, -0.1) is 0 Å². The molecule has 1 aromatic rings. The molecule has 0 aromatic heterocycles. The van der Waals surface area contributed by atoms with E-state index in [2.05, 4.69) is 13.0 Å². The lowest BCUT2D eigenvalue weighted by atomic mass is 9.82. The van der Waals surface area contributed by atoms with E-state index >= 15 is 0 Å². The van der Waals surface area contributed by atoms with Gasteiger partial charge in [-0.1, -0.05) is 19.4 Å². The van der Waals surface area contributed by atoms with Crippen molar-refractivity contribution in [1.82, 2.24) is 0 Å². The molecule has 0 bridgehead atoms. The number of aryl methyl sites for hydroxylation is 1. The normalized spacial score (nSPS) is 19.1. The lowest BCUT2D eigenvalue weighted by Gasteiger charge is -2.26. The number of hydrogen-bond acceptors (Lipinski definition) is 2. The number of rotatable bonds is 3. The number of fused-ring (bicyclic) bond motifs is 1. The van der Waals surface area contributed by atoms with Crippen molar-refractivity contribution in [3.8, 4) is 11.5 Å². The molecule has 1 aliphatic carbocycles. The van der Waals surface area contributed by atoms with Crippen molar-refractivity contribution >= 4 is 0 Å². The van der Waals surface area contributed by atoms with Crippen molar-refractivity contribution in [1.29, 1.82) is 0 Å². The number of ether oxygens (including phenoxy) is 2. The topological polar surface area (TPSA) is 18.5 Å². The average molecular weight is 220 g/mol. The molecule has 1 atom stereocenters. The summed E-state index contributed by atoms with van der Waals surface area (Å²) < 4.78 is 10.8. The highest BCUT2D eigenvalue weighted by atomic mass is 16.5. The first-order chi connectivity index (χ1) is 7.80. The van der Waals surface area contributed by atoms with Crippen molar-refractivity contribution < 1.29 is 9.47 Å². The molecule has 88 valence electrons. The van der Waals surface area contributed by atoms with Crippen LogP contribution in [0.3, 0.4) is 0 Å². The molecule has 0 radical (unpaired) electrons. The highest BCUT2D eigenvalue weighted by molar-refractivity contribution is 5.51. The Bertz CT molecular complexity index is 371. The highest BCUT2D eigenvalue weighted by Crippen LogP contribution is 2.39. The summed E-state index contributed by atoms with van der Waals surface area (Å²) in [7, 11) is 3.43. The van der Waals surface area contributed by atoms with E-state index < -0.39 is 0 Å². The zero-order valence-electron chi connectivity index (χ0n) is 10.4. The molecular weight excluding hydrogens is 200 g/mol. The van der Waals surface area contributed by atoms with Crippen LogP contribution in [0.15, 0.2) is 12.1 Å². The Morgan fingerprint density at radius 1 is 1.25 bits per heavy atom. The lowest BCUT2D eigenvalue weighted by Crippen LogP contribution is -2.14. The number of methoxy groups -OCH3 is 2. The van der Waals surface area contributed by atoms with E-state index in [1.165, 1.54) is 30.4 Å². The molecule has 16 heavy (non-hydrogen) atoms. The molecule has 0 N–H and O–H groups in total. The van der Waals surface area contributed by atoms with Crippen molar-refractivity contribution in [2.24, 2.45) is 5.92 Å². The maximum absolute atomic E-state index is 5.50. The predicted octanol–water partition coefficient (Wildman–Crippen LogP) is 3.22. The van der Waals surface area contributed by atoms with Crippen LogP contribution in [0.1, 0.15) is 30.9 Å². The van der Waals surface area contributed by atoms with E-state index in [4.69, 9.17) is 9.47 Å². The summed E-state index contributed by atoms with van der Waals surface area (Å²) in [5.74, 6) is 2.60. The third kappa shape index (κ3) is 1.89. The summed E-state index contributed by atoms with van der Waals surface area (Å²) >= 11 is 0. The van der Waals surface area contributed by atoms with E-state index in [0.29, 0.717) is 0 Å². The molecule has 2 heteroatoms. The molecule has 1 aromatic carbocycles. The van der Waals surface area contributed by atoms with Crippen LogP contribution >= 0.6 is 0 Å². The maximum Gasteiger partial charge on any atom is 0.164 e. The molecule has 2 rings (SSSR count). The molecule has 0 spiro atoms. The Morgan fingerprint density at radius 2 is 2.06 bits per heavy atom. The van der Waals surface area contributed by atoms with Crippen molar-refractivity contribution in [3.63, 3.8) is 0 Å². The third-order valence-corrected chi connectivity index (χ3v) is 3.64. The Morgan fingerprint density at radius 3 is 2.69 bits per heavy atom. The first kappa shape index (κ1) is 11.3. The van der Waals surface area contributed by atoms with Gasteiger partial charge in [0.15, 0.2) is 11.5 Å². The summed E-state index contributed by atoms with van der Waals surface area (Å²) in [4.78, 5) is 0. The zero-order chi connectivity index (χ0) is 11.5. The van der Waals surface area contributed by atoms with Gasteiger partial charge in [-0.05, 0) is 36.8 Å². The van der Waals surface area contributed by atoms with Gasteiger partial charge in [-0.2, -0.15) is 0 Å². The minimum atomic E-state index is 0.800. The molecule has 0 amide bonds. The Hall–Kier alpha value is -1.18. The van der Waals surface area contributed by atoms with E-state index in [1.54, 1.807) is 14.2 Å². The van der Waals surface area contributed by atoms with Crippen LogP contribution < -0.4 is 9.47 Å². The summed E-state index contributed by atoms with van der Waals surface area (Å²) in [5, 5.41) is 0. The molecule has 0 heterocycles. The van der Waals surface area contributed by atoms with E-state index in [9.17, 15) is 0 Å². The van der Waals surface area contributed by atoms with Crippen LogP contribution in [0.5, 0.6) is 11.5 Å². The molecule has 0 saturated carbocycles. The lowest BCUT2D eigenvalue weighted by molar-refractivity contribution is 0.343. The molecular formula is C14H20O2. The second-order valence-corrected chi connectivity index (χ2v) is 4.46. The summed E-state index contributed by atoms with van der Waals surface area (Å²) in [6.07, 6.45) is 4.86. The number of benzene rings is 1. The Balaban J connectivity index is 2.41. The summed E-state index contributed by atoms with van der Waals surface area (Å²) in [6.45, 7) is 2.27. The first-order valence-electron chi connectivity index (χ1n) is 6.02. The van der Waals surface area contributed by atoms with Gasteiger partial charge < -0.3 is 9.47 Å². The Labute approximate surface area is 97.6 Å². The van der Waals surface area contributed by atoms with Gasteiger partial charge in [-0.25, -0.2) is 0 Å². The second kappa shape index (κ2) is 4.77. The molecule has 0 saturated heterocycles. The minimum Gasteiger partial charge on any atom is -0.493 e. The van der Waals surface area contributed by atoms with Crippen molar-refractivity contribution in [3.05, 3.63) is 23.3 Å². The summed E-state index contributed by atoms with van der Waals surface area (Å²) in [5.41, 5.74) is 2.79. The second-order valence-electron chi connectivity index (χ2n) is 4.46. The molecule has 1 unspecified atom stereocenters. The first-order valence-corrected chi connectivity index (χ1v) is 6.02. The van der Waals surface area contributed by atoms with Gasteiger partial charge in [0.25, 0.3) is 0 Å². The quantitative estimate of drug-likeness (QED) is 0.778. The zero-order valence-corrected chi connectivity index (χ0v) is 10.4. The molecule has 1 aliphatic rings. The fraction of sp³-hybridized carbons (Fsp3) is 0.571. The van der Waals surface area contributed by atoms with Crippen LogP contribution in [-0.4, -0.2) is 14.2 Å². The average Bonchev–Trinajstić information content (AvgIpc) is 2.36. The van der Waals surface area contributed by atoms with Gasteiger partial charge in [0.2, 0.25) is 0 Å². The SMILES string of the molecule is CCC1CCc2ccc(OC)c(OC)c2C1. The molecule has 0 fully saturated rings. The van der Waals surface area contributed by atoms with Gasteiger partial charge >= 0.3 is 0 Å². The predicted molar refractivity (Wildman–Crippen MR) is 65.4 cm³/mol. The Kier molecular flexibility index (Phi) is 3.37. The van der Waals surface area contributed by atoms with E-state index in [-0.39, 0.29) is 0 Å². The van der Waals surface area contributed by atoms with Crippen LogP contribution in [0.25, 0.3) is 0 Å². The largest absolute Gasteiger partial charge is 0.493 e. The fourth-order valence-corrected chi connectivity index (χ4v) is 2.59. The van der Waals surface area contributed by atoms with Gasteiger partial charge in [0.05, 0.1) is 14.2 Å². The van der Waals surface area contributed by atoms with Crippen LogP contribution in [0, 0.1) is 5.92 Å². The fourth-order valence-electron chi connectivity index (χ4n) is 2.59. The van der Waals surface area contributed by atoms with E-state index in [0.717, 1.165) is 23.8 Å². The van der Waals surface area contributed by atoms with Crippen LogP contribution in [0.2, 0.25) is 0 Å². The van der Waals surface area contributed by atoms with Crippen LogP contribution in [0.4, 0.5) is 0 Å². The third-order valence-electron chi connectivity index (χ3n) is 3.64. The van der Waals surface area contributed by atoms with Gasteiger partial charge in [0, 0.05) is 5.56 Å². The van der Waals surface area contributed by atoms with Gasteiger partial charge in [-0.3, -0.25) is 0 Å². The minimum absolute atomic E-state index is 0.800. The van der Waals surface area contributed by atoms with Gasteiger partial charge in [0.1, 0.15) is 0 Å². The highest BCUT2D eigenvalue weighted by Gasteiger charge is 2.22. The monoisotopic (exact) mass is 220 g/mol. The van der Waals surface area contributed by atoms with Crippen molar-refractivity contribution in [2.45, 2.75) is 32.6 Å². The molecule has 0 aliphatic heterocycles. The standard InChI is InChI=1S/C14H20O2/c1-4-10-5-6-11-7-8-13(15-2)14(16-3)12(11)9-10/h7-8,10H,4-6,9H2,1-3H3. The number of hydrogen-bond donors (Lipinski definition) is 0. The van der Waals surface area contributed by atoms with E-state index in [1.807, 2.05) is 6.07 Å².